The molecule has 6 heteroatoms. The molecule has 3 N–H and O–H groups in total. The fourth-order valence-corrected chi connectivity index (χ4v) is 2.42. The maximum atomic E-state index is 11.8. The lowest BCUT2D eigenvalue weighted by molar-refractivity contribution is -0.116. The predicted molar refractivity (Wildman–Crippen MR) is 85.6 cm³/mol. The molecule has 112 valence electrons. The molecule has 0 radical (unpaired) electrons. The Labute approximate surface area is 131 Å². The van der Waals surface area contributed by atoms with Crippen molar-refractivity contribution in [2.24, 2.45) is 5.73 Å². The summed E-state index contributed by atoms with van der Waals surface area (Å²) in [6, 6.07) is 7.53. The van der Waals surface area contributed by atoms with E-state index in [-0.39, 0.29) is 18.3 Å². The number of piperidine rings is 1. The van der Waals surface area contributed by atoms with E-state index in [0.717, 1.165) is 38.2 Å². The zero-order valence-electron chi connectivity index (χ0n) is 11.3. The van der Waals surface area contributed by atoms with Crippen LogP contribution >= 0.6 is 24.0 Å². The number of rotatable bonds is 4. The van der Waals surface area contributed by atoms with Crippen LogP contribution in [0.2, 0.25) is 5.02 Å². The molecule has 0 saturated carbocycles. The molecular weight excluding hydrogens is 297 g/mol. The van der Waals surface area contributed by atoms with Crippen molar-refractivity contribution in [3.8, 4) is 0 Å². The molecule has 0 spiro atoms. The van der Waals surface area contributed by atoms with Gasteiger partial charge in [-0.1, -0.05) is 17.7 Å². The van der Waals surface area contributed by atoms with Crippen molar-refractivity contribution in [1.29, 1.82) is 0 Å². The standard InChI is InChI=1S/C14H20ClN3O.ClH/c15-11-2-1-3-13(10-11)17-14(19)6-9-18-7-4-12(16)5-8-18;/h1-3,10,12H,4-9,16H2,(H,17,19);1H. The molecule has 1 amide bonds. The third kappa shape index (κ3) is 5.67. The van der Waals surface area contributed by atoms with E-state index >= 15 is 0 Å². The molecule has 2 rings (SSSR count). The predicted octanol–water partition coefficient (Wildman–Crippen LogP) is 2.51. The number of hydrogen-bond donors (Lipinski definition) is 2. The van der Waals surface area contributed by atoms with Gasteiger partial charge in [-0.3, -0.25) is 4.79 Å². The Morgan fingerprint density at radius 1 is 1.40 bits per heavy atom. The summed E-state index contributed by atoms with van der Waals surface area (Å²) >= 11 is 5.87. The van der Waals surface area contributed by atoms with Crippen LogP contribution in [0.4, 0.5) is 5.69 Å². The minimum atomic E-state index is 0. The van der Waals surface area contributed by atoms with Gasteiger partial charge in [0.05, 0.1) is 0 Å². The number of nitrogens with two attached hydrogens (primary N) is 1. The molecule has 4 nitrogen and oxygen atoms in total. The van der Waals surface area contributed by atoms with Crippen LogP contribution in [0.1, 0.15) is 19.3 Å². The monoisotopic (exact) mass is 317 g/mol. The van der Waals surface area contributed by atoms with E-state index < -0.39 is 0 Å². The van der Waals surface area contributed by atoms with E-state index in [2.05, 4.69) is 10.2 Å². The summed E-state index contributed by atoms with van der Waals surface area (Å²) < 4.78 is 0. The van der Waals surface area contributed by atoms with Gasteiger partial charge in [-0.05, 0) is 44.1 Å². The lowest BCUT2D eigenvalue weighted by Crippen LogP contribution is -2.40. The highest BCUT2D eigenvalue weighted by atomic mass is 35.5. The van der Waals surface area contributed by atoms with E-state index in [1.54, 1.807) is 12.1 Å². The van der Waals surface area contributed by atoms with E-state index in [1.807, 2.05) is 12.1 Å². The molecular formula is C14H21Cl2N3O. The van der Waals surface area contributed by atoms with Crippen LogP contribution < -0.4 is 11.1 Å². The van der Waals surface area contributed by atoms with Gasteiger partial charge in [0.2, 0.25) is 5.91 Å². The van der Waals surface area contributed by atoms with Crippen LogP contribution in [0, 0.1) is 0 Å². The first kappa shape index (κ1) is 17.2. The van der Waals surface area contributed by atoms with Crippen LogP contribution in [0.25, 0.3) is 0 Å². The fourth-order valence-electron chi connectivity index (χ4n) is 2.23. The topological polar surface area (TPSA) is 58.4 Å². The molecule has 1 aromatic carbocycles. The molecule has 1 heterocycles. The average molecular weight is 318 g/mol. The van der Waals surface area contributed by atoms with Crippen LogP contribution in [0.3, 0.4) is 0 Å². The Morgan fingerprint density at radius 2 is 2.10 bits per heavy atom. The average Bonchev–Trinajstić information content (AvgIpc) is 2.38. The summed E-state index contributed by atoms with van der Waals surface area (Å²) in [5.74, 6) is 0.0251. The number of amides is 1. The van der Waals surface area contributed by atoms with Crippen molar-refractivity contribution in [2.45, 2.75) is 25.3 Å². The number of carbonyl (C=O) groups is 1. The second kappa shape index (κ2) is 8.47. The summed E-state index contributed by atoms with van der Waals surface area (Å²) in [5, 5.41) is 3.48. The molecule has 1 saturated heterocycles. The number of carbonyl (C=O) groups excluding carboxylic acids is 1. The summed E-state index contributed by atoms with van der Waals surface area (Å²) in [6.07, 6.45) is 2.55. The highest BCUT2D eigenvalue weighted by Gasteiger charge is 2.16. The van der Waals surface area contributed by atoms with Crippen molar-refractivity contribution >= 4 is 35.6 Å². The fraction of sp³-hybridized carbons (Fsp3) is 0.500. The van der Waals surface area contributed by atoms with Gasteiger partial charge in [0.25, 0.3) is 0 Å². The number of benzene rings is 1. The van der Waals surface area contributed by atoms with Crippen LogP contribution in [-0.2, 0) is 4.79 Å². The Bertz CT molecular complexity index is 434. The van der Waals surface area contributed by atoms with Gasteiger partial charge in [-0.25, -0.2) is 0 Å². The Kier molecular flexibility index (Phi) is 7.30. The molecule has 1 aliphatic heterocycles. The Hall–Kier alpha value is -0.810. The van der Waals surface area contributed by atoms with Crippen LogP contribution in [-0.4, -0.2) is 36.5 Å². The number of anilines is 1. The van der Waals surface area contributed by atoms with Gasteiger partial charge in [0.1, 0.15) is 0 Å². The number of nitrogens with zero attached hydrogens (tertiary/aromatic N) is 1. The highest BCUT2D eigenvalue weighted by Crippen LogP contribution is 2.15. The highest BCUT2D eigenvalue weighted by molar-refractivity contribution is 6.30. The normalized spacial score (nSPS) is 16.5. The van der Waals surface area contributed by atoms with Crippen LogP contribution in [0.5, 0.6) is 0 Å². The zero-order chi connectivity index (χ0) is 13.7. The molecule has 0 aromatic heterocycles. The molecule has 20 heavy (non-hydrogen) atoms. The molecule has 0 bridgehead atoms. The molecule has 1 aromatic rings. The summed E-state index contributed by atoms with van der Waals surface area (Å²) in [6.45, 7) is 2.77. The Balaban J connectivity index is 0.00000200. The maximum Gasteiger partial charge on any atom is 0.225 e. The van der Waals surface area contributed by atoms with Gasteiger partial charge in [0.15, 0.2) is 0 Å². The lowest BCUT2D eigenvalue weighted by atomic mass is 10.1. The molecule has 0 atom stereocenters. The lowest BCUT2D eigenvalue weighted by Gasteiger charge is -2.29. The van der Waals surface area contributed by atoms with Crippen molar-refractivity contribution in [3.05, 3.63) is 29.3 Å². The van der Waals surface area contributed by atoms with Gasteiger partial charge in [-0.15, -0.1) is 12.4 Å². The molecule has 1 aliphatic rings. The van der Waals surface area contributed by atoms with Crippen molar-refractivity contribution in [3.63, 3.8) is 0 Å². The first-order valence-corrected chi connectivity index (χ1v) is 7.04. The van der Waals surface area contributed by atoms with Gasteiger partial charge < -0.3 is 16.0 Å². The van der Waals surface area contributed by atoms with E-state index in [9.17, 15) is 4.79 Å². The quantitative estimate of drug-likeness (QED) is 0.897. The largest absolute Gasteiger partial charge is 0.328 e. The summed E-state index contributed by atoms with van der Waals surface area (Å²) in [4.78, 5) is 14.1. The SMILES string of the molecule is Cl.NC1CCN(CCC(=O)Nc2cccc(Cl)c2)CC1. The third-order valence-corrected chi connectivity index (χ3v) is 3.63. The van der Waals surface area contributed by atoms with E-state index in [1.165, 1.54) is 0 Å². The summed E-state index contributed by atoms with van der Waals surface area (Å²) in [7, 11) is 0. The van der Waals surface area contributed by atoms with Crippen molar-refractivity contribution in [2.75, 3.05) is 25.0 Å². The number of hydrogen-bond acceptors (Lipinski definition) is 3. The zero-order valence-corrected chi connectivity index (χ0v) is 12.9. The van der Waals surface area contributed by atoms with Gasteiger partial charge in [-0.2, -0.15) is 0 Å². The number of nitrogens with one attached hydrogen (secondary N) is 1. The maximum absolute atomic E-state index is 11.8. The first-order valence-electron chi connectivity index (χ1n) is 6.67. The second-order valence-electron chi connectivity index (χ2n) is 4.99. The Morgan fingerprint density at radius 3 is 2.75 bits per heavy atom. The second-order valence-corrected chi connectivity index (χ2v) is 5.42. The molecule has 0 unspecified atom stereocenters. The third-order valence-electron chi connectivity index (χ3n) is 3.40. The van der Waals surface area contributed by atoms with Crippen LogP contribution in [0.15, 0.2) is 24.3 Å². The minimum Gasteiger partial charge on any atom is -0.328 e. The van der Waals surface area contributed by atoms with Gasteiger partial charge >= 0.3 is 0 Å². The smallest absolute Gasteiger partial charge is 0.225 e. The van der Waals surface area contributed by atoms with Crippen molar-refractivity contribution in [1.82, 2.24) is 4.90 Å². The van der Waals surface area contributed by atoms with E-state index in [4.69, 9.17) is 17.3 Å². The van der Waals surface area contributed by atoms with E-state index in [0.29, 0.717) is 17.5 Å². The molecule has 1 fully saturated rings. The van der Waals surface area contributed by atoms with Crippen molar-refractivity contribution < 1.29 is 4.79 Å². The van der Waals surface area contributed by atoms with Gasteiger partial charge in [0, 0.05) is 29.7 Å². The minimum absolute atomic E-state index is 0. The first-order chi connectivity index (χ1) is 9.13. The summed E-state index contributed by atoms with van der Waals surface area (Å²) in [5.41, 5.74) is 6.60. The number of likely N-dealkylation sites (tertiary alicyclic amines) is 1. The number of halogens is 2. The molecule has 0 aliphatic carbocycles.